The maximum absolute atomic E-state index is 12.6. The number of carbonyl (C=O) groups is 2. The van der Waals surface area contributed by atoms with E-state index in [0.717, 1.165) is 85.3 Å². The number of benzene rings is 2. The van der Waals surface area contributed by atoms with Crippen LogP contribution in [0.1, 0.15) is 59.2 Å². The summed E-state index contributed by atoms with van der Waals surface area (Å²) >= 11 is 0. The molecule has 3 heterocycles. The van der Waals surface area contributed by atoms with Crippen LogP contribution in [-0.4, -0.2) is 81.0 Å². The number of rotatable bonds is 7. The summed E-state index contributed by atoms with van der Waals surface area (Å²) < 4.78 is 0. The highest BCUT2D eigenvalue weighted by Gasteiger charge is 2.23. The predicted octanol–water partition coefficient (Wildman–Crippen LogP) is 4.47. The molecule has 1 saturated carbocycles. The third kappa shape index (κ3) is 6.33. The topological polar surface area (TPSA) is 114 Å². The minimum absolute atomic E-state index is 0.0295. The minimum Gasteiger partial charge on any atom is -0.393 e. The Hall–Kier alpha value is -4.08. The van der Waals surface area contributed by atoms with Gasteiger partial charge in [-0.15, -0.1) is 0 Å². The number of hydrogen-bond donors (Lipinski definition) is 3. The van der Waals surface area contributed by atoms with Crippen molar-refractivity contribution in [2.45, 2.75) is 64.1 Å². The van der Waals surface area contributed by atoms with E-state index in [1.807, 2.05) is 36.7 Å². The van der Waals surface area contributed by atoms with E-state index < -0.39 is 0 Å². The second-order valence-corrected chi connectivity index (χ2v) is 12.2. The van der Waals surface area contributed by atoms with Crippen molar-refractivity contribution in [3.63, 3.8) is 0 Å². The summed E-state index contributed by atoms with van der Waals surface area (Å²) in [5.41, 5.74) is 9.82. The molecule has 2 aromatic heterocycles. The van der Waals surface area contributed by atoms with E-state index >= 15 is 0 Å². The van der Waals surface area contributed by atoms with Crippen LogP contribution in [0, 0.1) is 6.92 Å². The zero-order valence-electron chi connectivity index (χ0n) is 25.2. The third-order valence-electron chi connectivity index (χ3n) is 8.88. The van der Waals surface area contributed by atoms with E-state index in [4.69, 9.17) is 4.98 Å². The standard InChI is InChI=1S/C34H40N6O3/c1-21-16-24(17-25-20-40(14-12-28(21)25)15-13-31(42)37-26-8-10-27(41)11-9-26)30-19-36-33-32(38-30)29(18-35-33)22-4-6-23(7-5-22)34(43)39(2)3/h4-7,16-19,26-27,41H,8-15,20H2,1-3H3,(H,35,36)(H,37,42). The summed E-state index contributed by atoms with van der Waals surface area (Å²) in [6.07, 6.45) is 8.21. The fourth-order valence-electron chi connectivity index (χ4n) is 6.40. The molecular formula is C34H40N6O3. The van der Waals surface area contributed by atoms with Crippen molar-refractivity contribution < 1.29 is 14.7 Å². The Morgan fingerprint density at radius 2 is 1.86 bits per heavy atom. The Morgan fingerprint density at radius 3 is 2.60 bits per heavy atom. The van der Waals surface area contributed by atoms with Gasteiger partial charge < -0.3 is 20.3 Å². The molecule has 0 bridgehead atoms. The van der Waals surface area contributed by atoms with Gasteiger partial charge in [-0.25, -0.2) is 9.97 Å². The molecule has 4 aromatic rings. The summed E-state index contributed by atoms with van der Waals surface area (Å²) in [5, 5.41) is 12.9. The summed E-state index contributed by atoms with van der Waals surface area (Å²) in [4.78, 5) is 41.9. The van der Waals surface area contributed by atoms with Gasteiger partial charge in [-0.3, -0.25) is 14.5 Å². The number of H-pyrrole nitrogens is 1. The summed E-state index contributed by atoms with van der Waals surface area (Å²) in [6.45, 7) is 4.63. The largest absolute Gasteiger partial charge is 0.393 e. The van der Waals surface area contributed by atoms with Crippen LogP contribution in [0.4, 0.5) is 0 Å². The van der Waals surface area contributed by atoms with Gasteiger partial charge in [0.05, 0.1) is 18.0 Å². The molecule has 0 unspecified atom stereocenters. The van der Waals surface area contributed by atoms with Crippen molar-refractivity contribution in [3.8, 4) is 22.4 Å². The minimum atomic E-state index is -0.216. The molecule has 0 atom stereocenters. The second kappa shape index (κ2) is 12.3. The number of nitrogens with one attached hydrogen (secondary N) is 2. The van der Waals surface area contributed by atoms with Crippen molar-refractivity contribution in [2.75, 3.05) is 27.2 Å². The molecule has 2 aliphatic rings. The number of aromatic amines is 1. The molecular weight excluding hydrogens is 540 g/mol. The van der Waals surface area contributed by atoms with Gasteiger partial charge >= 0.3 is 0 Å². The highest BCUT2D eigenvalue weighted by Crippen LogP contribution is 2.32. The molecule has 1 aliphatic heterocycles. The van der Waals surface area contributed by atoms with Crippen LogP contribution >= 0.6 is 0 Å². The van der Waals surface area contributed by atoms with Crippen LogP contribution in [0.15, 0.2) is 48.8 Å². The molecule has 0 spiro atoms. The van der Waals surface area contributed by atoms with Crippen molar-refractivity contribution in [2.24, 2.45) is 0 Å². The molecule has 9 nitrogen and oxygen atoms in total. The van der Waals surface area contributed by atoms with Gasteiger partial charge in [0, 0.05) is 69.1 Å². The molecule has 3 N–H and O–H groups in total. The van der Waals surface area contributed by atoms with Gasteiger partial charge in [0.2, 0.25) is 5.91 Å². The zero-order chi connectivity index (χ0) is 30.1. The van der Waals surface area contributed by atoms with E-state index in [1.54, 1.807) is 19.0 Å². The predicted molar refractivity (Wildman–Crippen MR) is 168 cm³/mol. The number of aliphatic hydroxyl groups excluding tert-OH is 1. The molecule has 1 aliphatic carbocycles. The van der Waals surface area contributed by atoms with E-state index in [0.29, 0.717) is 12.0 Å². The monoisotopic (exact) mass is 580 g/mol. The Morgan fingerprint density at radius 1 is 1.09 bits per heavy atom. The molecule has 43 heavy (non-hydrogen) atoms. The lowest BCUT2D eigenvalue weighted by atomic mass is 9.92. The lowest BCUT2D eigenvalue weighted by molar-refractivity contribution is -0.122. The molecule has 1 fully saturated rings. The van der Waals surface area contributed by atoms with E-state index in [9.17, 15) is 14.7 Å². The summed E-state index contributed by atoms with van der Waals surface area (Å²) in [7, 11) is 3.50. The van der Waals surface area contributed by atoms with E-state index in [-0.39, 0.29) is 24.0 Å². The van der Waals surface area contributed by atoms with Crippen LogP contribution in [-0.2, 0) is 17.8 Å². The smallest absolute Gasteiger partial charge is 0.253 e. The van der Waals surface area contributed by atoms with Crippen LogP contribution in [0.25, 0.3) is 33.5 Å². The summed E-state index contributed by atoms with van der Waals surface area (Å²) in [6, 6.07) is 12.2. The first kappa shape index (κ1) is 29.0. The number of amides is 2. The van der Waals surface area contributed by atoms with Crippen molar-refractivity contribution in [3.05, 3.63) is 71.0 Å². The van der Waals surface area contributed by atoms with Crippen molar-refractivity contribution in [1.29, 1.82) is 0 Å². The first-order valence-corrected chi connectivity index (χ1v) is 15.2. The van der Waals surface area contributed by atoms with Gasteiger partial charge in [-0.05, 0) is 85.5 Å². The first-order chi connectivity index (χ1) is 20.7. The molecule has 0 saturated heterocycles. The number of fused-ring (bicyclic) bond motifs is 2. The molecule has 6 rings (SSSR count). The van der Waals surface area contributed by atoms with Crippen LogP contribution in [0.2, 0.25) is 0 Å². The first-order valence-electron chi connectivity index (χ1n) is 15.2. The number of aromatic nitrogens is 3. The molecule has 0 radical (unpaired) electrons. The van der Waals surface area contributed by atoms with Crippen molar-refractivity contribution >= 4 is 23.0 Å². The maximum Gasteiger partial charge on any atom is 0.253 e. The number of aliphatic hydroxyl groups is 1. The number of carbonyl (C=O) groups excluding carboxylic acids is 2. The molecule has 224 valence electrons. The quantitative estimate of drug-likeness (QED) is 0.297. The number of nitrogens with zero attached hydrogens (tertiary/aromatic N) is 4. The molecule has 2 amide bonds. The van der Waals surface area contributed by atoms with Gasteiger partial charge in [0.25, 0.3) is 5.91 Å². The number of aryl methyl sites for hydroxylation is 1. The lowest BCUT2D eigenvalue weighted by Gasteiger charge is -2.30. The molecule has 2 aromatic carbocycles. The Bertz CT molecular complexity index is 1640. The fourth-order valence-corrected chi connectivity index (χ4v) is 6.40. The highest BCUT2D eigenvalue weighted by atomic mass is 16.3. The van der Waals surface area contributed by atoms with Crippen molar-refractivity contribution in [1.82, 2.24) is 30.1 Å². The summed E-state index contributed by atoms with van der Waals surface area (Å²) in [5.74, 6) is 0.0695. The fraction of sp³-hybridized carbons (Fsp3) is 0.412. The third-order valence-corrected chi connectivity index (χ3v) is 8.88. The Kier molecular flexibility index (Phi) is 8.27. The lowest BCUT2D eigenvalue weighted by Crippen LogP contribution is -2.40. The van der Waals surface area contributed by atoms with E-state index in [1.165, 1.54) is 16.7 Å². The van der Waals surface area contributed by atoms with Gasteiger partial charge in [-0.1, -0.05) is 12.1 Å². The SMILES string of the molecule is Cc1cc(-c2cnc3[nH]cc(-c4ccc(C(=O)N(C)C)cc4)c3n2)cc2c1CCN(CCC(=O)NC1CCC(O)CC1)C2. The average molecular weight is 581 g/mol. The van der Waals surface area contributed by atoms with Crippen LogP contribution in [0.3, 0.4) is 0 Å². The van der Waals surface area contributed by atoms with Gasteiger partial charge in [-0.2, -0.15) is 0 Å². The van der Waals surface area contributed by atoms with Crippen LogP contribution < -0.4 is 5.32 Å². The Labute approximate surface area is 252 Å². The van der Waals surface area contributed by atoms with Gasteiger partial charge in [0.15, 0.2) is 5.65 Å². The highest BCUT2D eigenvalue weighted by molar-refractivity contribution is 5.96. The van der Waals surface area contributed by atoms with Gasteiger partial charge in [0.1, 0.15) is 5.52 Å². The van der Waals surface area contributed by atoms with Crippen LogP contribution in [0.5, 0.6) is 0 Å². The average Bonchev–Trinajstić information content (AvgIpc) is 3.44. The Balaban J connectivity index is 1.17. The zero-order valence-corrected chi connectivity index (χ0v) is 25.2. The second-order valence-electron chi connectivity index (χ2n) is 12.2. The van der Waals surface area contributed by atoms with E-state index in [2.05, 4.69) is 39.2 Å². The maximum atomic E-state index is 12.6. The normalized spacial score (nSPS) is 18.8. The number of hydrogen-bond acceptors (Lipinski definition) is 6. The molecule has 9 heteroatoms.